The van der Waals surface area contributed by atoms with Crippen molar-refractivity contribution in [3.63, 3.8) is 0 Å². The van der Waals surface area contributed by atoms with E-state index in [4.69, 9.17) is 10.3 Å². The Kier molecular flexibility index (Phi) is 9.75. The second-order valence-electron chi connectivity index (χ2n) is 6.31. The molecule has 2 unspecified atom stereocenters. The molecule has 2 atom stereocenters. The lowest BCUT2D eigenvalue weighted by molar-refractivity contribution is -0.142. The van der Waals surface area contributed by atoms with E-state index in [-0.39, 0.29) is 17.9 Å². The van der Waals surface area contributed by atoms with Gasteiger partial charge in [0.1, 0.15) is 0 Å². The van der Waals surface area contributed by atoms with Gasteiger partial charge in [0.15, 0.2) is 0 Å². The van der Waals surface area contributed by atoms with Gasteiger partial charge < -0.3 is 10.2 Å². The third-order valence-corrected chi connectivity index (χ3v) is 5.29. The smallest absolute Gasteiger partial charge is 0.335 e. The number of amides is 1. The molecule has 1 amide bonds. The number of hydroxylamine groups is 1. The highest BCUT2D eigenvalue weighted by Gasteiger charge is 2.18. The summed E-state index contributed by atoms with van der Waals surface area (Å²) >= 11 is 1.65. The Morgan fingerprint density at radius 1 is 1.23 bits per heavy atom. The summed E-state index contributed by atoms with van der Waals surface area (Å²) in [5.74, 6) is -1.22. The second kappa shape index (κ2) is 11.5. The Balaban J connectivity index is 2.40. The number of aromatic carboxylic acids is 1. The molecule has 1 aromatic rings. The molecule has 26 heavy (non-hydrogen) atoms. The number of thioether (sulfide) groups is 1. The van der Waals surface area contributed by atoms with Crippen LogP contribution in [0, 0.1) is 11.8 Å². The molecule has 7 nitrogen and oxygen atoms in total. The third kappa shape index (κ3) is 8.35. The minimum Gasteiger partial charge on any atom is -0.481 e. The van der Waals surface area contributed by atoms with Crippen LogP contribution >= 0.6 is 11.8 Å². The molecule has 0 radical (unpaired) electrons. The lowest BCUT2D eigenvalue weighted by Gasteiger charge is -2.13. The van der Waals surface area contributed by atoms with Crippen LogP contribution in [-0.2, 0) is 16.0 Å². The van der Waals surface area contributed by atoms with Crippen LogP contribution in [-0.4, -0.2) is 44.8 Å². The van der Waals surface area contributed by atoms with Crippen molar-refractivity contribution in [2.75, 3.05) is 11.5 Å². The zero-order chi connectivity index (χ0) is 19.5. The first-order chi connectivity index (χ1) is 12.3. The molecule has 0 aliphatic carbocycles. The quantitative estimate of drug-likeness (QED) is 0.248. The topological polar surface area (TPSA) is 124 Å². The minimum absolute atomic E-state index is 0.126. The first kappa shape index (κ1) is 22.0. The number of aliphatic carboxylic acids is 1. The molecular weight excluding hydrogens is 358 g/mol. The lowest BCUT2D eigenvalue weighted by atomic mass is 9.94. The van der Waals surface area contributed by atoms with Crippen LogP contribution in [0.2, 0.25) is 0 Å². The Morgan fingerprint density at radius 2 is 1.96 bits per heavy atom. The van der Waals surface area contributed by atoms with E-state index in [1.54, 1.807) is 29.4 Å². The maximum atomic E-state index is 11.5. The highest BCUT2D eigenvalue weighted by Crippen LogP contribution is 2.19. The summed E-state index contributed by atoms with van der Waals surface area (Å²) in [6.45, 7) is 1.91. The molecule has 4 N–H and O–H groups in total. The van der Waals surface area contributed by atoms with Crippen molar-refractivity contribution in [1.29, 1.82) is 0 Å². The molecule has 0 aromatic heterocycles. The second-order valence-corrected chi connectivity index (χ2v) is 7.46. The van der Waals surface area contributed by atoms with Gasteiger partial charge in [-0.1, -0.05) is 19.1 Å². The summed E-state index contributed by atoms with van der Waals surface area (Å²) < 4.78 is 0. The Hall–Kier alpha value is -2.06. The maximum Gasteiger partial charge on any atom is 0.335 e. The van der Waals surface area contributed by atoms with E-state index in [2.05, 4.69) is 0 Å². The highest BCUT2D eigenvalue weighted by atomic mass is 32.2. The zero-order valence-corrected chi connectivity index (χ0v) is 15.5. The molecule has 0 saturated carbocycles. The number of carbonyl (C=O) groups is 3. The number of carbonyl (C=O) groups excluding carboxylic acids is 1. The van der Waals surface area contributed by atoms with Gasteiger partial charge in [-0.3, -0.25) is 14.8 Å². The molecule has 0 aliphatic heterocycles. The van der Waals surface area contributed by atoms with Crippen molar-refractivity contribution in [1.82, 2.24) is 5.48 Å². The standard InChI is InChI=1S/C18H25NO6S/c1-12(8-16(20)19-25)11-26-7-3-6-15(18(23)24)10-13-4-2-5-14(9-13)17(21)22/h2,4-5,9,12,15,25H,3,6-8,10-11H2,1H3,(H,19,20)(H,21,22)(H,23,24). The summed E-state index contributed by atoms with van der Waals surface area (Å²) in [7, 11) is 0. The maximum absolute atomic E-state index is 11.5. The van der Waals surface area contributed by atoms with E-state index in [9.17, 15) is 19.5 Å². The van der Waals surface area contributed by atoms with Gasteiger partial charge in [0, 0.05) is 6.42 Å². The first-order valence-corrected chi connectivity index (χ1v) is 9.54. The van der Waals surface area contributed by atoms with Crippen LogP contribution in [0.25, 0.3) is 0 Å². The molecule has 8 heteroatoms. The van der Waals surface area contributed by atoms with Crippen molar-refractivity contribution in [2.45, 2.75) is 32.6 Å². The predicted octanol–water partition coefficient (Wildman–Crippen LogP) is 2.67. The summed E-state index contributed by atoms with van der Waals surface area (Å²) in [6, 6.07) is 6.36. The lowest BCUT2D eigenvalue weighted by Crippen LogP contribution is -2.21. The Bertz CT molecular complexity index is 621. The predicted molar refractivity (Wildman–Crippen MR) is 98.5 cm³/mol. The van der Waals surface area contributed by atoms with Crippen LogP contribution < -0.4 is 5.48 Å². The van der Waals surface area contributed by atoms with Crippen molar-refractivity contribution in [3.05, 3.63) is 35.4 Å². The highest BCUT2D eigenvalue weighted by molar-refractivity contribution is 7.99. The van der Waals surface area contributed by atoms with E-state index in [1.165, 1.54) is 12.1 Å². The fraction of sp³-hybridized carbons (Fsp3) is 0.500. The molecule has 1 rings (SSSR count). The number of rotatable bonds is 12. The number of hydrogen-bond donors (Lipinski definition) is 4. The molecule has 0 fully saturated rings. The van der Waals surface area contributed by atoms with E-state index < -0.39 is 23.8 Å². The molecular formula is C18H25NO6S. The first-order valence-electron chi connectivity index (χ1n) is 8.39. The molecule has 0 aliphatic rings. The van der Waals surface area contributed by atoms with Crippen molar-refractivity contribution in [2.24, 2.45) is 11.8 Å². The fourth-order valence-electron chi connectivity index (χ4n) is 2.57. The van der Waals surface area contributed by atoms with E-state index in [0.717, 1.165) is 17.9 Å². The van der Waals surface area contributed by atoms with E-state index in [0.29, 0.717) is 18.4 Å². The van der Waals surface area contributed by atoms with Gasteiger partial charge in [0.05, 0.1) is 11.5 Å². The van der Waals surface area contributed by atoms with Crippen LogP contribution in [0.5, 0.6) is 0 Å². The monoisotopic (exact) mass is 383 g/mol. The van der Waals surface area contributed by atoms with Gasteiger partial charge in [-0.15, -0.1) is 0 Å². The summed E-state index contributed by atoms with van der Waals surface area (Å²) in [5, 5.41) is 26.9. The van der Waals surface area contributed by atoms with Crippen LogP contribution in [0.15, 0.2) is 24.3 Å². The van der Waals surface area contributed by atoms with Gasteiger partial charge in [0.25, 0.3) is 0 Å². The minimum atomic E-state index is -1.03. The molecule has 0 heterocycles. The average molecular weight is 383 g/mol. The van der Waals surface area contributed by atoms with Crippen LogP contribution in [0.4, 0.5) is 0 Å². The van der Waals surface area contributed by atoms with Gasteiger partial charge in [-0.2, -0.15) is 11.8 Å². The average Bonchev–Trinajstić information content (AvgIpc) is 2.60. The zero-order valence-electron chi connectivity index (χ0n) is 14.7. The summed E-state index contributed by atoms with van der Waals surface area (Å²) in [5.41, 5.74) is 2.47. The van der Waals surface area contributed by atoms with Crippen LogP contribution in [0.3, 0.4) is 0 Å². The molecule has 0 spiro atoms. The number of carboxylic acid groups (broad SMARTS) is 2. The number of benzene rings is 1. The van der Waals surface area contributed by atoms with Crippen molar-refractivity contribution >= 4 is 29.6 Å². The van der Waals surface area contributed by atoms with Crippen molar-refractivity contribution < 1.29 is 29.8 Å². The van der Waals surface area contributed by atoms with E-state index in [1.807, 2.05) is 6.92 Å². The normalized spacial score (nSPS) is 13.0. The van der Waals surface area contributed by atoms with Gasteiger partial charge in [0.2, 0.25) is 5.91 Å². The Labute approximate surface area is 156 Å². The molecule has 0 saturated heterocycles. The van der Waals surface area contributed by atoms with Gasteiger partial charge in [-0.05, 0) is 54.4 Å². The van der Waals surface area contributed by atoms with Crippen LogP contribution in [0.1, 0.15) is 42.1 Å². The number of nitrogens with one attached hydrogen (secondary N) is 1. The third-order valence-electron chi connectivity index (χ3n) is 3.91. The molecule has 144 valence electrons. The van der Waals surface area contributed by atoms with Crippen molar-refractivity contribution in [3.8, 4) is 0 Å². The fourth-order valence-corrected chi connectivity index (χ4v) is 3.62. The number of hydrogen-bond acceptors (Lipinski definition) is 5. The number of carboxylic acids is 2. The molecule has 1 aromatic carbocycles. The Morgan fingerprint density at radius 3 is 2.58 bits per heavy atom. The van der Waals surface area contributed by atoms with Gasteiger partial charge >= 0.3 is 11.9 Å². The van der Waals surface area contributed by atoms with E-state index >= 15 is 0 Å². The summed E-state index contributed by atoms with van der Waals surface area (Å²) in [4.78, 5) is 33.5. The van der Waals surface area contributed by atoms with Gasteiger partial charge in [-0.25, -0.2) is 10.3 Å². The summed E-state index contributed by atoms with van der Waals surface area (Å²) in [6.07, 6.45) is 1.78. The SMILES string of the molecule is CC(CSCCCC(Cc1cccc(C(=O)O)c1)C(=O)O)CC(=O)NO. The molecule has 0 bridgehead atoms. The largest absolute Gasteiger partial charge is 0.481 e.